The number of aromatic nitrogens is 2. The molecule has 2 aliphatic rings. The van der Waals surface area contributed by atoms with Crippen molar-refractivity contribution in [1.82, 2.24) is 14.0 Å². The quantitative estimate of drug-likeness (QED) is 0.627. The lowest BCUT2D eigenvalue weighted by atomic mass is 9.83. The fraction of sp³-hybridized carbons (Fsp3) is 0.417. The molecule has 2 aromatic heterocycles. The normalized spacial score (nSPS) is 20.9. The minimum Gasteiger partial charge on any atom is -0.497 e. The number of carbonyl (C=O) groups is 1. The first-order chi connectivity index (χ1) is 14.5. The van der Waals surface area contributed by atoms with E-state index in [9.17, 15) is 9.59 Å². The number of hydrogen-bond acceptors (Lipinski definition) is 4. The number of pyridine rings is 1. The number of aryl methyl sites for hydroxylation is 1. The Bertz CT molecular complexity index is 1210. The Kier molecular flexibility index (Phi) is 4.54. The number of carbonyl (C=O) groups excluding carboxylic acids is 1. The number of rotatable bonds is 4. The summed E-state index contributed by atoms with van der Waals surface area (Å²) in [5, 5.41) is 0.952. The van der Waals surface area contributed by atoms with Crippen molar-refractivity contribution >= 4 is 16.7 Å². The monoisotopic (exact) mass is 405 g/mol. The standard InChI is InChI=1S/C24H27N3O3/c1-15-24(19-10-18(30-3)7-8-21(19)25(15)2)22(28)14-26-11-16-9-17(13-26)20-5-4-6-23(29)27(20)12-16/h4-8,10,16-17H,9,11-14H2,1-3H3/t16?,17-/m1/s1. The average molecular weight is 405 g/mol. The van der Waals surface area contributed by atoms with Gasteiger partial charge in [-0.05, 0) is 43.5 Å². The summed E-state index contributed by atoms with van der Waals surface area (Å²) in [7, 11) is 3.65. The third kappa shape index (κ3) is 2.98. The maximum atomic E-state index is 13.4. The molecule has 1 unspecified atom stereocenters. The minimum atomic E-state index is 0.0899. The zero-order valence-corrected chi connectivity index (χ0v) is 17.7. The Labute approximate surface area is 175 Å². The van der Waals surface area contributed by atoms with Gasteiger partial charge in [-0.15, -0.1) is 0 Å². The van der Waals surface area contributed by atoms with Crippen LogP contribution in [0, 0.1) is 12.8 Å². The zero-order chi connectivity index (χ0) is 21.0. The van der Waals surface area contributed by atoms with Gasteiger partial charge in [-0.1, -0.05) is 6.07 Å². The highest BCUT2D eigenvalue weighted by Crippen LogP contribution is 2.35. The molecule has 6 heteroatoms. The van der Waals surface area contributed by atoms with Gasteiger partial charge in [0, 0.05) is 66.5 Å². The second-order valence-corrected chi connectivity index (χ2v) is 8.72. The molecule has 0 spiro atoms. The summed E-state index contributed by atoms with van der Waals surface area (Å²) in [5.41, 5.74) is 4.02. The van der Waals surface area contributed by atoms with Gasteiger partial charge in [0.25, 0.3) is 5.56 Å². The molecule has 1 fully saturated rings. The van der Waals surface area contributed by atoms with Crippen LogP contribution in [0.4, 0.5) is 0 Å². The molecule has 2 bridgehead atoms. The van der Waals surface area contributed by atoms with Crippen molar-refractivity contribution in [1.29, 1.82) is 0 Å². The molecule has 30 heavy (non-hydrogen) atoms. The molecule has 4 heterocycles. The number of nitrogens with zero attached hydrogens (tertiary/aromatic N) is 3. The second-order valence-electron chi connectivity index (χ2n) is 8.72. The van der Waals surface area contributed by atoms with Crippen molar-refractivity contribution in [3.8, 4) is 5.75 Å². The molecule has 0 N–H and O–H groups in total. The van der Waals surface area contributed by atoms with Crippen LogP contribution in [-0.2, 0) is 13.6 Å². The van der Waals surface area contributed by atoms with Gasteiger partial charge in [0.1, 0.15) is 5.75 Å². The van der Waals surface area contributed by atoms with Crippen LogP contribution in [0.5, 0.6) is 5.75 Å². The summed E-state index contributed by atoms with van der Waals surface area (Å²) in [5.74, 6) is 1.64. The molecule has 0 saturated carbocycles. The Balaban J connectivity index is 1.43. The Morgan fingerprint density at radius 1 is 1.17 bits per heavy atom. The van der Waals surface area contributed by atoms with E-state index in [1.165, 1.54) is 0 Å². The third-order valence-corrected chi connectivity index (χ3v) is 6.90. The van der Waals surface area contributed by atoms with E-state index >= 15 is 0 Å². The summed E-state index contributed by atoms with van der Waals surface area (Å²) in [6, 6.07) is 11.5. The number of ketones is 1. The average Bonchev–Trinajstić information content (AvgIpc) is 2.98. The number of ether oxygens (including phenoxy) is 1. The second kappa shape index (κ2) is 7.13. The van der Waals surface area contributed by atoms with Crippen LogP contribution in [0.3, 0.4) is 0 Å². The van der Waals surface area contributed by atoms with Gasteiger partial charge in [0.05, 0.1) is 13.7 Å². The number of hydrogen-bond donors (Lipinski definition) is 0. The fourth-order valence-corrected chi connectivity index (χ4v) is 5.44. The molecule has 1 saturated heterocycles. The number of benzene rings is 1. The lowest BCUT2D eigenvalue weighted by Crippen LogP contribution is -2.48. The Hall–Kier alpha value is -2.86. The lowest BCUT2D eigenvalue weighted by molar-refractivity contribution is 0.0818. The summed E-state index contributed by atoms with van der Waals surface area (Å²) < 4.78 is 9.40. The Morgan fingerprint density at radius 3 is 2.80 bits per heavy atom. The van der Waals surface area contributed by atoms with Gasteiger partial charge in [-0.2, -0.15) is 0 Å². The maximum absolute atomic E-state index is 13.4. The van der Waals surface area contributed by atoms with E-state index < -0.39 is 0 Å². The van der Waals surface area contributed by atoms with Crippen molar-refractivity contribution in [2.45, 2.75) is 25.8 Å². The van der Waals surface area contributed by atoms with Gasteiger partial charge >= 0.3 is 0 Å². The van der Waals surface area contributed by atoms with Crippen LogP contribution in [0.25, 0.3) is 10.9 Å². The first-order valence-corrected chi connectivity index (χ1v) is 10.5. The molecule has 0 radical (unpaired) electrons. The predicted octanol–water partition coefficient (Wildman–Crippen LogP) is 2.96. The molecular formula is C24H27N3O3. The number of likely N-dealkylation sites (tertiary alicyclic amines) is 1. The van der Waals surface area contributed by atoms with Gasteiger partial charge in [-0.25, -0.2) is 0 Å². The van der Waals surface area contributed by atoms with E-state index in [2.05, 4.69) is 15.5 Å². The highest BCUT2D eigenvalue weighted by atomic mass is 16.5. The molecule has 3 aromatic rings. The van der Waals surface area contributed by atoms with E-state index in [0.29, 0.717) is 18.4 Å². The van der Waals surface area contributed by atoms with Crippen molar-refractivity contribution in [3.05, 3.63) is 63.7 Å². The number of piperidine rings is 1. The first kappa shape index (κ1) is 19.1. The predicted molar refractivity (Wildman–Crippen MR) is 117 cm³/mol. The number of methoxy groups -OCH3 is 1. The summed E-state index contributed by atoms with van der Waals surface area (Å²) in [4.78, 5) is 27.9. The van der Waals surface area contributed by atoms with Gasteiger partial charge in [0.2, 0.25) is 0 Å². The largest absolute Gasteiger partial charge is 0.497 e. The van der Waals surface area contributed by atoms with Crippen LogP contribution >= 0.6 is 0 Å². The third-order valence-electron chi connectivity index (χ3n) is 6.90. The van der Waals surface area contributed by atoms with Gasteiger partial charge < -0.3 is 13.9 Å². The molecule has 2 aliphatic heterocycles. The summed E-state index contributed by atoms with van der Waals surface area (Å²) in [6.45, 7) is 4.84. The van der Waals surface area contributed by atoms with E-state index in [1.807, 2.05) is 42.8 Å². The van der Waals surface area contributed by atoms with Crippen molar-refractivity contribution in [2.24, 2.45) is 13.0 Å². The van der Waals surface area contributed by atoms with E-state index in [-0.39, 0.29) is 11.3 Å². The molecule has 1 aromatic carbocycles. The van der Waals surface area contributed by atoms with Gasteiger partial charge in [0.15, 0.2) is 5.78 Å². The molecule has 156 valence electrons. The smallest absolute Gasteiger partial charge is 0.250 e. The van der Waals surface area contributed by atoms with Gasteiger partial charge in [-0.3, -0.25) is 14.5 Å². The number of fused-ring (bicyclic) bond motifs is 5. The van der Waals surface area contributed by atoms with Crippen LogP contribution in [0.15, 0.2) is 41.2 Å². The summed E-state index contributed by atoms with van der Waals surface area (Å²) in [6.07, 6.45) is 1.10. The summed E-state index contributed by atoms with van der Waals surface area (Å²) >= 11 is 0. The molecular weight excluding hydrogens is 378 g/mol. The lowest BCUT2D eigenvalue weighted by Gasteiger charge is -2.42. The van der Waals surface area contributed by atoms with Crippen molar-refractivity contribution in [2.75, 3.05) is 26.7 Å². The van der Waals surface area contributed by atoms with Crippen molar-refractivity contribution < 1.29 is 9.53 Å². The minimum absolute atomic E-state index is 0.0899. The maximum Gasteiger partial charge on any atom is 0.250 e. The topological polar surface area (TPSA) is 56.5 Å². The van der Waals surface area contributed by atoms with E-state index in [4.69, 9.17) is 4.74 Å². The van der Waals surface area contributed by atoms with E-state index in [1.54, 1.807) is 13.2 Å². The van der Waals surface area contributed by atoms with Crippen molar-refractivity contribution in [3.63, 3.8) is 0 Å². The fourth-order valence-electron chi connectivity index (χ4n) is 5.44. The molecule has 2 atom stereocenters. The molecule has 0 aliphatic carbocycles. The highest BCUT2D eigenvalue weighted by molar-refractivity contribution is 6.10. The van der Waals surface area contributed by atoms with Crippen LogP contribution < -0.4 is 10.3 Å². The van der Waals surface area contributed by atoms with E-state index in [0.717, 1.165) is 59.7 Å². The molecule has 6 nitrogen and oxygen atoms in total. The van der Waals surface area contributed by atoms with Crippen LogP contribution in [0.1, 0.15) is 34.1 Å². The first-order valence-electron chi connectivity index (χ1n) is 10.5. The Morgan fingerprint density at radius 2 is 2.00 bits per heavy atom. The highest BCUT2D eigenvalue weighted by Gasteiger charge is 2.35. The molecule has 5 rings (SSSR count). The number of Topliss-reactive ketones (excluding diaryl/α,β-unsaturated/α-hetero) is 1. The van der Waals surface area contributed by atoms with Crippen LogP contribution in [0.2, 0.25) is 0 Å². The molecule has 0 amide bonds. The zero-order valence-electron chi connectivity index (χ0n) is 17.7. The SMILES string of the molecule is COc1ccc2c(c1)c(C(=O)CN1CC3C[C@H](C1)c1cccc(=O)n1C3)c(C)n2C. The van der Waals surface area contributed by atoms with Crippen LogP contribution in [-0.4, -0.2) is 46.6 Å².